The van der Waals surface area contributed by atoms with Gasteiger partial charge in [0.15, 0.2) is 6.10 Å². The minimum Gasteiger partial charge on any atom is -0.462 e. The fourth-order valence-electron chi connectivity index (χ4n) is 7.12. The van der Waals surface area contributed by atoms with Crippen LogP contribution in [-0.4, -0.2) is 37.2 Å². The van der Waals surface area contributed by atoms with Crippen LogP contribution in [0.4, 0.5) is 0 Å². The van der Waals surface area contributed by atoms with E-state index < -0.39 is 6.10 Å². The molecule has 0 aromatic carbocycles. The molecule has 0 spiro atoms. The Labute approximate surface area is 418 Å². The summed E-state index contributed by atoms with van der Waals surface area (Å²) in [7, 11) is 0. The van der Waals surface area contributed by atoms with Crippen molar-refractivity contribution < 1.29 is 28.6 Å². The summed E-state index contributed by atoms with van der Waals surface area (Å²) in [6.45, 7) is 6.31. The topological polar surface area (TPSA) is 78.9 Å². The van der Waals surface area contributed by atoms with Crippen molar-refractivity contribution in [2.75, 3.05) is 13.2 Å². The molecule has 0 saturated carbocycles. The molecule has 0 saturated heterocycles. The van der Waals surface area contributed by atoms with Crippen LogP contribution in [0.15, 0.2) is 122 Å². The van der Waals surface area contributed by atoms with E-state index in [-0.39, 0.29) is 37.5 Å². The number of hydrogen-bond donors (Lipinski definition) is 0. The van der Waals surface area contributed by atoms with Gasteiger partial charge in [-0.15, -0.1) is 0 Å². The Hall–Kier alpha value is -4.19. The Morgan fingerprint density at radius 1 is 0.309 bits per heavy atom. The Morgan fingerprint density at radius 2 is 0.603 bits per heavy atom. The number of ether oxygens (including phenoxy) is 3. The molecule has 0 bridgehead atoms. The average Bonchev–Trinajstić information content (AvgIpc) is 3.34. The van der Waals surface area contributed by atoms with Gasteiger partial charge in [-0.1, -0.05) is 219 Å². The maximum atomic E-state index is 12.8. The number of carbonyl (C=O) groups excluding carboxylic acids is 3. The lowest BCUT2D eigenvalue weighted by molar-refractivity contribution is -0.166. The minimum absolute atomic E-state index is 0.112. The summed E-state index contributed by atoms with van der Waals surface area (Å²) in [4.78, 5) is 38.1. The van der Waals surface area contributed by atoms with Crippen molar-refractivity contribution in [1.29, 1.82) is 0 Å². The van der Waals surface area contributed by atoms with E-state index in [2.05, 4.69) is 136 Å². The lowest BCUT2D eigenvalue weighted by Gasteiger charge is -2.18. The summed E-state index contributed by atoms with van der Waals surface area (Å²) in [6, 6.07) is 0. The van der Waals surface area contributed by atoms with Crippen molar-refractivity contribution in [1.82, 2.24) is 0 Å². The summed E-state index contributed by atoms with van der Waals surface area (Å²) >= 11 is 0. The molecule has 0 aliphatic heterocycles. The van der Waals surface area contributed by atoms with E-state index in [0.717, 1.165) is 109 Å². The Balaban J connectivity index is 4.54. The van der Waals surface area contributed by atoms with E-state index >= 15 is 0 Å². The maximum absolute atomic E-state index is 12.8. The number of esters is 3. The van der Waals surface area contributed by atoms with Gasteiger partial charge in [-0.25, -0.2) is 0 Å². The molecule has 1 unspecified atom stereocenters. The van der Waals surface area contributed by atoms with Crippen LogP contribution in [0.5, 0.6) is 0 Å². The second-order valence-electron chi connectivity index (χ2n) is 17.7. The van der Waals surface area contributed by atoms with E-state index in [0.29, 0.717) is 19.3 Å². The molecule has 0 fully saturated rings. The van der Waals surface area contributed by atoms with Gasteiger partial charge in [0.2, 0.25) is 0 Å². The third kappa shape index (κ3) is 52.8. The maximum Gasteiger partial charge on any atom is 0.306 e. The Morgan fingerprint density at radius 3 is 1.00 bits per heavy atom. The highest BCUT2D eigenvalue weighted by molar-refractivity contribution is 5.71. The molecule has 6 nitrogen and oxygen atoms in total. The van der Waals surface area contributed by atoms with Crippen molar-refractivity contribution in [2.45, 2.75) is 239 Å². The lowest BCUT2D eigenvalue weighted by atomic mass is 10.1. The van der Waals surface area contributed by atoms with Gasteiger partial charge >= 0.3 is 17.9 Å². The molecule has 68 heavy (non-hydrogen) atoms. The van der Waals surface area contributed by atoms with Crippen molar-refractivity contribution in [3.05, 3.63) is 122 Å². The molecule has 0 aliphatic rings. The van der Waals surface area contributed by atoms with E-state index in [1.165, 1.54) is 77.0 Å². The smallest absolute Gasteiger partial charge is 0.306 e. The normalized spacial score (nSPS) is 13.0. The third-order valence-electron chi connectivity index (χ3n) is 11.2. The van der Waals surface area contributed by atoms with Gasteiger partial charge in [-0.3, -0.25) is 14.4 Å². The van der Waals surface area contributed by atoms with E-state index in [9.17, 15) is 14.4 Å². The second kappa shape index (κ2) is 55.4. The number of hydrogen-bond acceptors (Lipinski definition) is 6. The zero-order valence-electron chi connectivity index (χ0n) is 43.8. The molecule has 384 valence electrons. The predicted octanol–water partition coefficient (Wildman–Crippen LogP) is 18.5. The summed E-state index contributed by atoms with van der Waals surface area (Å²) in [5, 5.41) is 0. The van der Waals surface area contributed by atoms with Gasteiger partial charge in [-0.05, 0) is 116 Å². The van der Waals surface area contributed by atoms with Crippen molar-refractivity contribution in [3.8, 4) is 0 Å². The molecule has 0 aromatic heterocycles. The molecular formula is C62H100O6. The predicted molar refractivity (Wildman–Crippen MR) is 293 cm³/mol. The van der Waals surface area contributed by atoms with Gasteiger partial charge in [0.05, 0.1) is 0 Å². The average molecular weight is 941 g/mol. The second-order valence-corrected chi connectivity index (χ2v) is 17.7. The van der Waals surface area contributed by atoms with Crippen molar-refractivity contribution in [3.63, 3.8) is 0 Å². The highest BCUT2D eigenvalue weighted by Crippen LogP contribution is 2.13. The molecule has 0 aliphatic carbocycles. The number of unbranched alkanes of at least 4 members (excludes halogenated alkanes) is 17. The molecule has 0 aromatic rings. The fraction of sp³-hybridized carbons (Fsp3) is 0.629. The van der Waals surface area contributed by atoms with Gasteiger partial charge in [0, 0.05) is 19.3 Å². The highest BCUT2D eigenvalue weighted by Gasteiger charge is 2.19. The zero-order valence-corrected chi connectivity index (χ0v) is 43.8. The molecular weight excluding hydrogens is 841 g/mol. The quantitative estimate of drug-likeness (QED) is 0.0262. The van der Waals surface area contributed by atoms with E-state index in [4.69, 9.17) is 14.2 Å². The van der Waals surface area contributed by atoms with Crippen LogP contribution in [-0.2, 0) is 28.6 Å². The Kier molecular flexibility index (Phi) is 52.0. The molecule has 6 heteroatoms. The lowest BCUT2D eigenvalue weighted by Crippen LogP contribution is -2.30. The van der Waals surface area contributed by atoms with Crippen LogP contribution in [0.3, 0.4) is 0 Å². The number of allylic oxidation sites excluding steroid dienone is 20. The van der Waals surface area contributed by atoms with Crippen molar-refractivity contribution in [2.24, 2.45) is 0 Å². The molecule has 0 radical (unpaired) electrons. The van der Waals surface area contributed by atoms with Crippen LogP contribution in [0, 0.1) is 0 Å². The minimum atomic E-state index is -0.821. The first-order valence-corrected chi connectivity index (χ1v) is 27.5. The zero-order chi connectivity index (χ0) is 49.3. The third-order valence-corrected chi connectivity index (χ3v) is 11.2. The highest BCUT2D eigenvalue weighted by atomic mass is 16.6. The SMILES string of the molecule is CC/C=C\C/C=C\C/C=C\C/C=C\C/C=C\C/C=C\CCC(=O)OCC(COC(=O)CCCCCCCCC/C=C\CCCCCC)OC(=O)CCCCCCCC/C=C\C/C=C\C/C=C\CC. The summed E-state index contributed by atoms with van der Waals surface area (Å²) in [6.07, 6.45) is 76.2. The van der Waals surface area contributed by atoms with E-state index in [1.54, 1.807) is 0 Å². The molecule has 0 amide bonds. The molecule has 1 atom stereocenters. The fourth-order valence-corrected chi connectivity index (χ4v) is 7.12. The summed E-state index contributed by atoms with van der Waals surface area (Å²) in [5.74, 6) is -1.02. The molecule has 0 N–H and O–H groups in total. The van der Waals surface area contributed by atoms with Crippen LogP contribution < -0.4 is 0 Å². The van der Waals surface area contributed by atoms with Crippen LogP contribution in [0.25, 0.3) is 0 Å². The van der Waals surface area contributed by atoms with Gasteiger partial charge in [0.1, 0.15) is 13.2 Å². The van der Waals surface area contributed by atoms with E-state index in [1.807, 2.05) is 6.08 Å². The summed E-state index contributed by atoms with van der Waals surface area (Å²) in [5.41, 5.74) is 0. The first-order chi connectivity index (χ1) is 33.5. The van der Waals surface area contributed by atoms with Gasteiger partial charge in [0.25, 0.3) is 0 Å². The van der Waals surface area contributed by atoms with Crippen LogP contribution in [0.1, 0.15) is 233 Å². The van der Waals surface area contributed by atoms with Crippen LogP contribution in [0.2, 0.25) is 0 Å². The molecule has 0 rings (SSSR count). The van der Waals surface area contributed by atoms with Crippen LogP contribution >= 0.6 is 0 Å². The summed E-state index contributed by atoms with van der Waals surface area (Å²) < 4.78 is 16.8. The molecule has 0 heterocycles. The number of rotatable bonds is 48. The first-order valence-electron chi connectivity index (χ1n) is 27.5. The largest absolute Gasteiger partial charge is 0.462 e. The van der Waals surface area contributed by atoms with Gasteiger partial charge < -0.3 is 14.2 Å². The number of carbonyl (C=O) groups is 3. The monoisotopic (exact) mass is 941 g/mol. The standard InChI is InChI=1S/C62H100O6/c1-4-7-10-13-16-19-22-25-28-30-31-32-35-37-40-43-46-49-52-55-61(64)67-58-59(57-66-60(63)54-51-48-45-42-39-36-33-27-24-21-18-15-12-9-6-3)68-62(65)56-53-50-47-44-41-38-34-29-26-23-20-17-14-11-8-5-2/h7-8,10-11,16-17,19-21,24-26,28-29,31-32,37,40,46,49,59H,4-6,9,12-15,18,22-23,27,30,33-36,38-39,41-45,47-48,50-58H2,1-3H3/b10-7-,11-8-,19-16-,20-17-,24-21-,28-25-,29-26-,32-31-,40-37-,49-46-. The van der Waals surface area contributed by atoms with Crippen molar-refractivity contribution >= 4 is 17.9 Å². The Bertz CT molecular complexity index is 1450. The van der Waals surface area contributed by atoms with Gasteiger partial charge in [-0.2, -0.15) is 0 Å². The first kappa shape index (κ1) is 63.8.